The quantitative estimate of drug-likeness (QED) is 0.194. The Balaban J connectivity index is 0.00000576. The molecule has 0 radical (unpaired) electrons. The van der Waals surface area contributed by atoms with E-state index in [0.29, 0.717) is 17.5 Å². The zero-order valence-corrected chi connectivity index (χ0v) is 18.2. The van der Waals surface area contributed by atoms with Gasteiger partial charge in [-0.2, -0.15) is 0 Å². The molecule has 1 unspecified atom stereocenters. The molecule has 0 saturated carbocycles. The predicted octanol–water partition coefficient (Wildman–Crippen LogP) is 3.75. The Hall–Kier alpha value is -0.570. The second-order valence-corrected chi connectivity index (χ2v) is 5.97. The van der Waals surface area contributed by atoms with Crippen LogP contribution in [0.15, 0.2) is 29.3 Å². The molecule has 0 spiro atoms. The number of halogens is 2. The van der Waals surface area contributed by atoms with Crippen LogP contribution in [0.3, 0.4) is 0 Å². The first-order valence-electron chi connectivity index (χ1n) is 8.70. The summed E-state index contributed by atoms with van der Waals surface area (Å²) in [5, 5.41) is 17.3. The van der Waals surface area contributed by atoms with Crippen LogP contribution in [0.2, 0.25) is 5.02 Å². The molecule has 0 aliphatic carbocycles. The largest absolute Gasteiger partial charge is 0.386 e. The van der Waals surface area contributed by atoms with Crippen LogP contribution in [0.5, 0.6) is 0 Å². The highest BCUT2D eigenvalue weighted by Crippen LogP contribution is 2.16. The molecule has 1 atom stereocenters. The summed E-state index contributed by atoms with van der Waals surface area (Å²) in [5.41, 5.74) is 0.809. The number of aliphatic hydroxyl groups is 1. The van der Waals surface area contributed by atoms with E-state index in [2.05, 4.69) is 22.5 Å². The maximum absolute atomic E-state index is 10.2. The van der Waals surface area contributed by atoms with E-state index in [-0.39, 0.29) is 24.0 Å². The molecule has 7 heteroatoms. The smallest absolute Gasteiger partial charge is 0.191 e. The van der Waals surface area contributed by atoms with E-state index in [4.69, 9.17) is 16.3 Å². The van der Waals surface area contributed by atoms with Crippen molar-refractivity contribution in [1.82, 2.24) is 10.6 Å². The summed E-state index contributed by atoms with van der Waals surface area (Å²) in [6, 6.07) is 7.17. The highest BCUT2D eigenvalue weighted by atomic mass is 127. The molecular formula is C18H31ClIN3O2. The molecule has 25 heavy (non-hydrogen) atoms. The number of ether oxygens (including phenoxy) is 1. The summed E-state index contributed by atoms with van der Waals surface area (Å²) in [5.74, 6) is 0.707. The Bertz CT molecular complexity index is 472. The molecule has 144 valence electrons. The first-order chi connectivity index (χ1) is 11.7. The molecule has 0 bridgehead atoms. The Morgan fingerprint density at radius 1 is 1.16 bits per heavy atom. The van der Waals surface area contributed by atoms with Gasteiger partial charge in [-0.25, -0.2) is 0 Å². The standard InChI is InChI=1S/C18H30ClN3O2.HI/c1-3-5-12-24-13-6-11-21-18(20-4-2)22-14-17(23)15-7-9-16(19)10-8-15;/h7-10,17,23H,3-6,11-14H2,1-2H3,(H2,20,21,22);1H. The molecule has 0 heterocycles. The van der Waals surface area contributed by atoms with E-state index in [9.17, 15) is 5.11 Å². The van der Waals surface area contributed by atoms with Crippen LogP contribution in [0.4, 0.5) is 0 Å². The van der Waals surface area contributed by atoms with Crippen molar-refractivity contribution in [2.24, 2.45) is 4.99 Å². The van der Waals surface area contributed by atoms with Crippen molar-refractivity contribution in [3.05, 3.63) is 34.9 Å². The van der Waals surface area contributed by atoms with Crippen LogP contribution in [0.25, 0.3) is 0 Å². The van der Waals surface area contributed by atoms with Crippen molar-refractivity contribution in [2.75, 3.05) is 32.8 Å². The zero-order valence-electron chi connectivity index (χ0n) is 15.1. The molecule has 0 aliphatic heterocycles. The summed E-state index contributed by atoms with van der Waals surface area (Å²) < 4.78 is 5.53. The van der Waals surface area contributed by atoms with Gasteiger partial charge in [0.2, 0.25) is 0 Å². The minimum Gasteiger partial charge on any atom is -0.386 e. The number of guanidine groups is 1. The lowest BCUT2D eigenvalue weighted by atomic mass is 10.1. The lowest BCUT2D eigenvalue weighted by Gasteiger charge is -2.13. The fourth-order valence-electron chi connectivity index (χ4n) is 2.04. The topological polar surface area (TPSA) is 65.9 Å². The zero-order chi connectivity index (χ0) is 17.6. The molecule has 0 amide bonds. The van der Waals surface area contributed by atoms with Crippen LogP contribution in [0, 0.1) is 0 Å². The van der Waals surface area contributed by atoms with Crippen molar-refractivity contribution >= 4 is 41.5 Å². The van der Waals surface area contributed by atoms with Gasteiger partial charge >= 0.3 is 0 Å². The number of rotatable bonds is 11. The van der Waals surface area contributed by atoms with Gasteiger partial charge in [0.15, 0.2) is 5.96 Å². The van der Waals surface area contributed by atoms with Gasteiger partial charge < -0.3 is 20.5 Å². The van der Waals surface area contributed by atoms with Gasteiger partial charge in [0.25, 0.3) is 0 Å². The summed E-state index contributed by atoms with van der Waals surface area (Å²) in [6.07, 6.45) is 2.55. The Morgan fingerprint density at radius 2 is 1.84 bits per heavy atom. The van der Waals surface area contributed by atoms with E-state index >= 15 is 0 Å². The van der Waals surface area contributed by atoms with Crippen LogP contribution < -0.4 is 10.6 Å². The summed E-state index contributed by atoms with van der Waals surface area (Å²) >= 11 is 5.86. The number of aliphatic imine (C=N–C) groups is 1. The van der Waals surface area contributed by atoms with Crippen molar-refractivity contribution in [2.45, 2.75) is 39.2 Å². The molecule has 1 aromatic carbocycles. The van der Waals surface area contributed by atoms with Gasteiger partial charge in [-0.3, -0.25) is 4.99 Å². The van der Waals surface area contributed by atoms with Gasteiger partial charge in [-0.1, -0.05) is 37.1 Å². The highest BCUT2D eigenvalue weighted by Gasteiger charge is 2.07. The molecule has 1 aromatic rings. The molecule has 5 nitrogen and oxygen atoms in total. The SMILES string of the molecule is CCCCOCCCNC(=NCC(O)c1ccc(Cl)cc1)NCC.I. The second-order valence-electron chi connectivity index (χ2n) is 5.53. The molecule has 0 saturated heterocycles. The molecule has 0 fully saturated rings. The van der Waals surface area contributed by atoms with Gasteiger partial charge in [0.1, 0.15) is 0 Å². The van der Waals surface area contributed by atoms with E-state index in [1.54, 1.807) is 12.1 Å². The summed E-state index contributed by atoms with van der Waals surface area (Å²) in [4.78, 5) is 4.43. The highest BCUT2D eigenvalue weighted by molar-refractivity contribution is 14.0. The van der Waals surface area contributed by atoms with Gasteiger partial charge in [0.05, 0.1) is 12.6 Å². The summed E-state index contributed by atoms with van der Waals surface area (Å²) in [7, 11) is 0. The molecule has 0 aliphatic rings. The minimum absolute atomic E-state index is 0. The van der Waals surface area contributed by atoms with Crippen molar-refractivity contribution in [1.29, 1.82) is 0 Å². The fraction of sp³-hybridized carbons (Fsp3) is 0.611. The average molecular weight is 484 g/mol. The minimum atomic E-state index is -0.643. The van der Waals surface area contributed by atoms with Crippen molar-refractivity contribution < 1.29 is 9.84 Å². The Kier molecular flexibility index (Phi) is 15.3. The normalized spacial score (nSPS) is 12.4. The van der Waals surface area contributed by atoms with Gasteiger partial charge in [-0.05, 0) is 37.5 Å². The monoisotopic (exact) mass is 483 g/mol. The van der Waals surface area contributed by atoms with Gasteiger partial charge in [0, 0.05) is 31.3 Å². The number of hydrogen-bond donors (Lipinski definition) is 3. The summed E-state index contributed by atoms with van der Waals surface area (Å²) in [6.45, 7) is 7.61. The maximum atomic E-state index is 10.2. The second kappa shape index (κ2) is 15.7. The number of unbranched alkanes of at least 4 members (excludes halogenated alkanes) is 1. The van der Waals surface area contributed by atoms with E-state index < -0.39 is 6.10 Å². The fourth-order valence-corrected chi connectivity index (χ4v) is 2.17. The van der Waals surface area contributed by atoms with E-state index in [0.717, 1.165) is 51.1 Å². The van der Waals surface area contributed by atoms with Gasteiger partial charge in [-0.15, -0.1) is 24.0 Å². The lowest BCUT2D eigenvalue weighted by Crippen LogP contribution is -2.38. The van der Waals surface area contributed by atoms with Crippen molar-refractivity contribution in [3.63, 3.8) is 0 Å². The van der Waals surface area contributed by atoms with Crippen LogP contribution in [-0.4, -0.2) is 43.9 Å². The van der Waals surface area contributed by atoms with E-state index in [1.807, 2.05) is 19.1 Å². The van der Waals surface area contributed by atoms with E-state index in [1.165, 1.54) is 0 Å². The number of nitrogens with one attached hydrogen (secondary N) is 2. The van der Waals surface area contributed by atoms with Crippen LogP contribution in [-0.2, 0) is 4.74 Å². The number of aliphatic hydroxyl groups excluding tert-OH is 1. The third-order valence-electron chi connectivity index (χ3n) is 3.42. The molecular weight excluding hydrogens is 453 g/mol. The van der Waals surface area contributed by atoms with Crippen LogP contribution >= 0.6 is 35.6 Å². The number of benzene rings is 1. The Labute approximate surface area is 173 Å². The third-order valence-corrected chi connectivity index (χ3v) is 3.67. The lowest BCUT2D eigenvalue weighted by molar-refractivity contribution is 0.129. The maximum Gasteiger partial charge on any atom is 0.191 e. The predicted molar refractivity (Wildman–Crippen MR) is 116 cm³/mol. The first-order valence-corrected chi connectivity index (χ1v) is 9.08. The Morgan fingerprint density at radius 3 is 2.48 bits per heavy atom. The average Bonchev–Trinajstić information content (AvgIpc) is 2.59. The molecule has 0 aromatic heterocycles. The van der Waals surface area contributed by atoms with Crippen LogP contribution in [0.1, 0.15) is 44.8 Å². The molecule has 3 N–H and O–H groups in total. The van der Waals surface area contributed by atoms with Crippen molar-refractivity contribution in [3.8, 4) is 0 Å². The third kappa shape index (κ3) is 11.6. The number of nitrogens with zero attached hydrogens (tertiary/aromatic N) is 1. The number of hydrogen-bond acceptors (Lipinski definition) is 3. The molecule has 1 rings (SSSR count). The first kappa shape index (κ1) is 24.4.